The molecule has 3 amide bonds. The average Bonchev–Trinajstić information content (AvgIpc) is 2.82. The number of nitrogens with zero attached hydrogens (tertiary/aromatic N) is 2. The largest absolute Gasteiger partial charge is 0.490 e. The van der Waals surface area contributed by atoms with E-state index < -0.39 is 0 Å². The van der Waals surface area contributed by atoms with Gasteiger partial charge in [0.25, 0.3) is 5.91 Å². The van der Waals surface area contributed by atoms with Crippen LogP contribution in [0.25, 0.3) is 0 Å². The lowest BCUT2D eigenvalue weighted by molar-refractivity contribution is -0.140. The molecule has 180 valence electrons. The smallest absolute Gasteiger partial charge is 0.257 e. The third-order valence-electron chi connectivity index (χ3n) is 6.77. The van der Waals surface area contributed by atoms with Gasteiger partial charge in [-0.05, 0) is 43.9 Å². The second kappa shape index (κ2) is 10.1. The Hall–Kier alpha value is -2.65. The second-order valence-corrected chi connectivity index (χ2v) is 9.25. The third-order valence-corrected chi connectivity index (χ3v) is 6.77. The Bertz CT molecular complexity index is 898. The summed E-state index contributed by atoms with van der Waals surface area (Å²) < 4.78 is 17.5. The maximum Gasteiger partial charge on any atom is 0.257 e. The molecule has 9 nitrogen and oxygen atoms in total. The molecule has 0 radical (unpaired) electrons. The van der Waals surface area contributed by atoms with Gasteiger partial charge in [0.2, 0.25) is 11.8 Å². The van der Waals surface area contributed by atoms with Gasteiger partial charge in [-0.15, -0.1) is 0 Å². The van der Waals surface area contributed by atoms with Crippen molar-refractivity contribution in [2.75, 3.05) is 46.3 Å². The highest BCUT2D eigenvalue weighted by Crippen LogP contribution is 2.33. The molecule has 9 heteroatoms. The van der Waals surface area contributed by atoms with E-state index in [1.165, 1.54) is 0 Å². The maximum atomic E-state index is 13.3. The molecule has 1 N–H and O–H groups in total. The topological polar surface area (TPSA) is 97.4 Å². The van der Waals surface area contributed by atoms with Crippen molar-refractivity contribution < 1.29 is 28.6 Å². The fourth-order valence-corrected chi connectivity index (χ4v) is 4.69. The van der Waals surface area contributed by atoms with Crippen molar-refractivity contribution >= 4 is 23.4 Å². The minimum atomic E-state index is -0.311. The molecule has 33 heavy (non-hydrogen) atoms. The zero-order chi connectivity index (χ0) is 23.5. The van der Waals surface area contributed by atoms with Gasteiger partial charge in [0.05, 0.1) is 24.1 Å². The van der Waals surface area contributed by atoms with Gasteiger partial charge in [0, 0.05) is 46.0 Å². The molecule has 1 aromatic rings. The Morgan fingerprint density at radius 1 is 1.15 bits per heavy atom. The molecule has 0 spiro atoms. The number of amides is 3. The number of carbonyl (C=O) groups excluding carboxylic acids is 3. The molecule has 3 atom stereocenters. The summed E-state index contributed by atoms with van der Waals surface area (Å²) in [5.74, 6) is 0.181. The molecule has 1 aromatic carbocycles. The lowest BCUT2D eigenvalue weighted by Gasteiger charge is -2.42. The molecule has 0 unspecified atom stereocenters. The average molecular weight is 460 g/mol. The second-order valence-electron chi connectivity index (χ2n) is 9.25. The van der Waals surface area contributed by atoms with Gasteiger partial charge in [-0.2, -0.15) is 0 Å². The number of ether oxygens (including phenoxy) is 3. The molecule has 2 fully saturated rings. The molecular weight excluding hydrogens is 426 g/mol. The minimum absolute atomic E-state index is 0.0234. The van der Waals surface area contributed by atoms with Crippen LogP contribution in [0.2, 0.25) is 0 Å². The molecule has 0 bridgehead atoms. The van der Waals surface area contributed by atoms with E-state index >= 15 is 0 Å². The van der Waals surface area contributed by atoms with Crippen LogP contribution in [0.3, 0.4) is 0 Å². The Balaban J connectivity index is 1.47. The van der Waals surface area contributed by atoms with Crippen LogP contribution in [0.4, 0.5) is 5.69 Å². The minimum Gasteiger partial charge on any atom is -0.490 e. The van der Waals surface area contributed by atoms with E-state index in [1.807, 2.05) is 0 Å². The summed E-state index contributed by atoms with van der Waals surface area (Å²) in [5.41, 5.74) is 1.00. The lowest BCUT2D eigenvalue weighted by atomic mass is 9.94. The first-order chi connectivity index (χ1) is 15.8. The number of benzene rings is 1. The Morgan fingerprint density at radius 2 is 1.91 bits per heavy atom. The van der Waals surface area contributed by atoms with Crippen LogP contribution in [0.15, 0.2) is 18.2 Å². The van der Waals surface area contributed by atoms with Gasteiger partial charge < -0.3 is 29.3 Å². The predicted molar refractivity (Wildman–Crippen MR) is 121 cm³/mol. The van der Waals surface area contributed by atoms with Crippen molar-refractivity contribution in [3.8, 4) is 5.75 Å². The van der Waals surface area contributed by atoms with E-state index in [0.717, 1.165) is 6.42 Å². The van der Waals surface area contributed by atoms with Crippen LogP contribution in [-0.2, 0) is 19.1 Å². The Morgan fingerprint density at radius 3 is 2.64 bits per heavy atom. The number of fused-ring (bicyclic) bond motifs is 2. The molecule has 3 aliphatic heterocycles. The monoisotopic (exact) mass is 459 g/mol. The molecule has 3 aliphatic rings. The van der Waals surface area contributed by atoms with Crippen LogP contribution < -0.4 is 10.1 Å². The third kappa shape index (κ3) is 5.30. The van der Waals surface area contributed by atoms with Crippen LogP contribution in [0.1, 0.15) is 42.5 Å². The van der Waals surface area contributed by atoms with E-state index in [-0.39, 0.29) is 48.5 Å². The number of hydrogen-bond acceptors (Lipinski definition) is 6. The van der Waals surface area contributed by atoms with E-state index in [4.69, 9.17) is 14.2 Å². The highest BCUT2D eigenvalue weighted by Gasteiger charge is 2.39. The van der Waals surface area contributed by atoms with E-state index in [9.17, 15) is 14.4 Å². The summed E-state index contributed by atoms with van der Waals surface area (Å²) in [7, 11) is 5.24. The molecule has 0 aromatic heterocycles. The summed E-state index contributed by atoms with van der Waals surface area (Å²) in [6.07, 6.45) is 2.66. The van der Waals surface area contributed by atoms with E-state index in [0.29, 0.717) is 55.9 Å². The first-order valence-corrected chi connectivity index (χ1v) is 11.6. The van der Waals surface area contributed by atoms with Crippen molar-refractivity contribution in [3.05, 3.63) is 23.8 Å². The molecule has 2 saturated heterocycles. The van der Waals surface area contributed by atoms with Gasteiger partial charge in [-0.1, -0.05) is 0 Å². The summed E-state index contributed by atoms with van der Waals surface area (Å²) in [5, 5.41) is 2.94. The SMILES string of the molecule is CN(C)C(=O)C[C@@H]1CC[C@@H]2[C@@H](COc3ccc(NC(=O)C4CCOCC4)cc3C(=O)N2C)O1. The van der Waals surface area contributed by atoms with Crippen LogP contribution in [0.5, 0.6) is 5.75 Å². The lowest BCUT2D eigenvalue weighted by Crippen LogP contribution is -2.53. The number of carbonyl (C=O) groups is 3. The van der Waals surface area contributed by atoms with Crippen LogP contribution >= 0.6 is 0 Å². The highest BCUT2D eigenvalue weighted by atomic mass is 16.5. The Kier molecular flexibility index (Phi) is 7.19. The number of hydrogen-bond donors (Lipinski definition) is 1. The normalized spacial score (nSPS) is 25.7. The number of rotatable bonds is 4. The van der Waals surface area contributed by atoms with Gasteiger partial charge >= 0.3 is 0 Å². The summed E-state index contributed by atoms with van der Waals surface area (Å²) in [4.78, 5) is 41.3. The zero-order valence-electron chi connectivity index (χ0n) is 19.5. The predicted octanol–water partition coefficient (Wildman–Crippen LogP) is 1.91. The van der Waals surface area contributed by atoms with Gasteiger partial charge in [0.15, 0.2) is 0 Å². The molecule has 3 heterocycles. The molecule has 4 rings (SSSR count). The van der Waals surface area contributed by atoms with Crippen LogP contribution in [0, 0.1) is 5.92 Å². The summed E-state index contributed by atoms with van der Waals surface area (Å²) in [6.45, 7) is 1.47. The van der Waals surface area contributed by atoms with E-state index in [2.05, 4.69) is 5.32 Å². The van der Waals surface area contributed by atoms with Gasteiger partial charge in [0.1, 0.15) is 18.5 Å². The fourth-order valence-electron chi connectivity index (χ4n) is 4.69. The number of nitrogens with one attached hydrogen (secondary N) is 1. The molecular formula is C24H33N3O6. The number of anilines is 1. The quantitative estimate of drug-likeness (QED) is 0.739. The highest BCUT2D eigenvalue weighted by molar-refractivity contribution is 6.00. The van der Waals surface area contributed by atoms with Gasteiger partial charge in [-0.25, -0.2) is 0 Å². The van der Waals surface area contributed by atoms with Crippen molar-refractivity contribution in [2.45, 2.75) is 50.4 Å². The standard InChI is InChI=1S/C24H33N3O6/c1-26(2)22(28)13-17-5-6-19-21(33-17)14-32-20-7-4-16(12-18(20)24(30)27(19)3)25-23(29)15-8-10-31-11-9-15/h4,7,12,15,17,19,21H,5-6,8-11,13-14H2,1-3H3,(H,25,29)/t17-,19+,21+/m0/s1. The van der Waals surface area contributed by atoms with E-state index in [1.54, 1.807) is 49.1 Å². The first-order valence-electron chi connectivity index (χ1n) is 11.6. The summed E-state index contributed by atoms with van der Waals surface area (Å²) >= 11 is 0. The molecule has 0 aliphatic carbocycles. The first kappa shape index (κ1) is 23.5. The van der Waals surface area contributed by atoms with Crippen molar-refractivity contribution in [1.82, 2.24) is 9.80 Å². The Labute approximate surface area is 194 Å². The summed E-state index contributed by atoms with van der Waals surface area (Å²) in [6, 6.07) is 5.02. The van der Waals surface area contributed by atoms with Crippen molar-refractivity contribution in [2.24, 2.45) is 5.92 Å². The van der Waals surface area contributed by atoms with Gasteiger partial charge in [-0.3, -0.25) is 14.4 Å². The zero-order valence-corrected chi connectivity index (χ0v) is 19.5. The van der Waals surface area contributed by atoms with Crippen molar-refractivity contribution in [3.63, 3.8) is 0 Å². The number of likely N-dealkylation sites (N-methyl/N-ethyl adjacent to an activating group) is 1. The maximum absolute atomic E-state index is 13.3. The van der Waals surface area contributed by atoms with Crippen LogP contribution in [-0.4, -0.2) is 86.7 Å². The van der Waals surface area contributed by atoms with Crippen molar-refractivity contribution in [1.29, 1.82) is 0 Å². The fraction of sp³-hybridized carbons (Fsp3) is 0.625. The molecule has 0 saturated carbocycles.